The van der Waals surface area contributed by atoms with E-state index >= 15 is 0 Å². The molecular weight excluding hydrogens is 90.1 g/mol. The van der Waals surface area contributed by atoms with Gasteiger partial charge in [0, 0.05) is 5.92 Å². The fraction of sp³-hybridized carbons (Fsp3) is 0.800. The number of hydrogen-bond acceptors (Lipinski definition) is 1. The van der Waals surface area contributed by atoms with E-state index < -0.39 is 0 Å². The lowest BCUT2D eigenvalue weighted by Crippen LogP contribution is -1.96. The van der Waals surface area contributed by atoms with Gasteiger partial charge in [0.2, 0.25) is 0 Å². The lowest BCUT2D eigenvalue weighted by atomic mass is 10.5. The summed E-state index contributed by atoms with van der Waals surface area (Å²) >= 11 is 0. The Bertz CT molecular complexity index is 90.3. The lowest BCUT2D eigenvalue weighted by molar-refractivity contribution is -0.419. The highest BCUT2D eigenvalue weighted by Crippen LogP contribution is 2.25. The van der Waals surface area contributed by atoms with Gasteiger partial charge in [-0.05, 0) is 12.8 Å². The van der Waals surface area contributed by atoms with Crippen LogP contribution >= 0.6 is 0 Å². The SMILES string of the molecule is C[N+]([O-])=CC1CC1. The zero-order valence-corrected chi connectivity index (χ0v) is 4.42. The molecule has 0 atom stereocenters. The molecule has 0 N–H and O–H groups in total. The summed E-state index contributed by atoms with van der Waals surface area (Å²) in [4.78, 5) is 0. The second-order valence-corrected chi connectivity index (χ2v) is 2.03. The van der Waals surface area contributed by atoms with Gasteiger partial charge in [-0.15, -0.1) is 0 Å². The van der Waals surface area contributed by atoms with Crippen LogP contribution in [0.3, 0.4) is 0 Å². The molecule has 1 saturated carbocycles. The van der Waals surface area contributed by atoms with Gasteiger partial charge < -0.3 is 5.21 Å². The van der Waals surface area contributed by atoms with Crippen molar-refractivity contribution >= 4 is 6.21 Å². The van der Waals surface area contributed by atoms with Crippen molar-refractivity contribution in [2.24, 2.45) is 5.92 Å². The molecule has 7 heavy (non-hydrogen) atoms. The van der Waals surface area contributed by atoms with Gasteiger partial charge in [-0.2, -0.15) is 0 Å². The average Bonchev–Trinajstić information content (AvgIpc) is 2.17. The van der Waals surface area contributed by atoms with Crippen molar-refractivity contribution in [2.45, 2.75) is 12.8 Å². The van der Waals surface area contributed by atoms with Gasteiger partial charge in [0.25, 0.3) is 0 Å². The summed E-state index contributed by atoms with van der Waals surface area (Å²) < 4.78 is 0.887. The molecule has 0 spiro atoms. The van der Waals surface area contributed by atoms with Crippen LogP contribution in [0.15, 0.2) is 0 Å². The van der Waals surface area contributed by atoms with Gasteiger partial charge in [0.05, 0.1) is 0 Å². The van der Waals surface area contributed by atoms with Gasteiger partial charge in [0.15, 0.2) is 6.21 Å². The molecule has 0 amide bonds. The first-order chi connectivity index (χ1) is 3.29. The van der Waals surface area contributed by atoms with Crippen LogP contribution in [0.1, 0.15) is 12.8 Å². The summed E-state index contributed by atoms with van der Waals surface area (Å²) in [5, 5.41) is 10.2. The molecule has 0 bridgehead atoms. The first-order valence-electron chi connectivity index (χ1n) is 2.54. The zero-order valence-electron chi connectivity index (χ0n) is 4.42. The van der Waals surface area contributed by atoms with Crippen molar-refractivity contribution in [3.05, 3.63) is 5.21 Å². The molecule has 40 valence electrons. The Labute approximate surface area is 43.0 Å². The average molecular weight is 99.1 g/mol. The van der Waals surface area contributed by atoms with E-state index in [1.807, 2.05) is 0 Å². The van der Waals surface area contributed by atoms with Crippen LogP contribution in [-0.2, 0) is 0 Å². The number of nitrogens with zero attached hydrogens (tertiary/aromatic N) is 1. The standard InChI is InChI=1S/C5H9NO/c1-6(7)4-5-2-3-5/h4-5H,2-3H2,1H3. The van der Waals surface area contributed by atoms with E-state index in [1.165, 1.54) is 19.9 Å². The highest BCUT2D eigenvalue weighted by Gasteiger charge is 2.21. The molecular formula is C5H9NO. The minimum absolute atomic E-state index is 0.613. The topological polar surface area (TPSA) is 26.1 Å². The van der Waals surface area contributed by atoms with Crippen LogP contribution < -0.4 is 0 Å². The van der Waals surface area contributed by atoms with Crippen molar-refractivity contribution in [3.63, 3.8) is 0 Å². The third kappa shape index (κ3) is 1.57. The smallest absolute Gasteiger partial charge is 0.153 e. The molecule has 0 unspecified atom stereocenters. The predicted molar refractivity (Wildman–Crippen MR) is 28.3 cm³/mol. The Morgan fingerprint density at radius 3 is 2.43 bits per heavy atom. The van der Waals surface area contributed by atoms with Gasteiger partial charge in [-0.25, -0.2) is 4.74 Å². The van der Waals surface area contributed by atoms with E-state index in [4.69, 9.17) is 0 Å². The Kier molecular flexibility index (Phi) is 1.01. The second-order valence-electron chi connectivity index (χ2n) is 2.03. The molecule has 0 radical (unpaired) electrons. The number of hydrogen-bond donors (Lipinski definition) is 0. The maximum atomic E-state index is 10.2. The fourth-order valence-electron chi connectivity index (χ4n) is 0.542. The number of hydroxylamine groups is 1. The molecule has 0 aromatic heterocycles. The minimum Gasteiger partial charge on any atom is -0.624 e. The third-order valence-corrected chi connectivity index (χ3v) is 1.04. The highest BCUT2D eigenvalue weighted by atomic mass is 16.5. The Hall–Kier alpha value is -0.530. The van der Waals surface area contributed by atoms with Crippen molar-refractivity contribution in [1.29, 1.82) is 0 Å². The van der Waals surface area contributed by atoms with Gasteiger partial charge >= 0.3 is 0 Å². The first-order valence-corrected chi connectivity index (χ1v) is 2.54. The van der Waals surface area contributed by atoms with E-state index in [2.05, 4.69) is 0 Å². The van der Waals surface area contributed by atoms with Crippen LogP contribution in [0, 0.1) is 11.1 Å². The highest BCUT2D eigenvalue weighted by molar-refractivity contribution is 5.58. The van der Waals surface area contributed by atoms with Crippen LogP contribution in [0.5, 0.6) is 0 Å². The summed E-state index contributed by atoms with van der Waals surface area (Å²) in [5.41, 5.74) is 0. The molecule has 1 aliphatic carbocycles. The summed E-state index contributed by atoms with van der Waals surface area (Å²) in [7, 11) is 1.53. The zero-order chi connectivity index (χ0) is 5.28. The van der Waals surface area contributed by atoms with E-state index in [0.717, 1.165) is 4.74 Å². The summed E-state index contributed by atoms with van der Waals surface area (Å²) in [6.07, 6.45) is 4.15. The van der Waals surface area contributed by atoms with Crippen LogP contribution in [0.25, 0.3) is 0 Å². The Morgan fingerprint density at radius 2 is 2.29 bits per heavy atom. The second kappa shape index (κ2) is 1.52. The van der Waals surface area contributed by atoms with Crippen molar-refractivity contribution in [2.75, 3.05) is 7.05 Å². The molecule has 1 aliphatic rings. The van der Waals surface area contributed by atoms with Gasteiger partial charge in [-0.3, -0.25) is 0 Å². The van der Waals surface area contributed by atoms with Gasteiger partial charge in [-0.1, -0.05) is 0 Å². The molecule has 1 rings (SSSR count). The molecule has 0 aliphatic heterocycles. The van der Waals surface area contributed by atoms with Crippen molar-refractivity contribution < 1.29 is 4.74 Å². The monoisotopic (exact) mass is 99.1 g/mol. The molecule has 0 heterocycles. The normalized spacial score (nSPS) is 22.7. The Morgan fingerprint density at radius 1 is 1.71 bits per heavy atom. The lowest BCUT2D eigenvalue weighted by Gasteiger charge is -1.90. The molecule has 2 nitrogen and oxygen atoms in total. The summed E-state index contributed by atoms with van der Waals surface area (Å²) in [5.74, 6) is 0.613. The number of rotatable bonds is 1. The van der Waals surface area contributed by atoms with Gasteiger partial charge in [0.1, 0.15) is 7.05 Å². The van der Waals surface area contributed by atoms with E-state index in [9.17, 15) is 5.21 Å². The van der Waals surface area contributed by atoms with Crippen LogP contribution in [0.4, 0.5) is 0 Å². The van der Waals surface area contributed by atoms with E-state index in [-0.39, 0.29) is 0 Å². The molecule has 2 heteroatoms. The van der Waals surface area contributed by atoms with Crippen LogP contribution in [0.2, 0.25) is 0 Å². The van der Waals surface area contributed by atoms with Crippen LogP contribution in [-0.4, -0.2) is 18.0 Å². The van der Waals surface area contributed by atoms with E-state index in [0.29, 0.717) is 5.92 Å². The summed E-state index contributed by atoms with van der Waals surface area (Å²) in [6.45, 7) is 0. The van der Waals surface area contributed by atoms with Crippen molar-refractivity contribution in [1.82, 2.24) is 0 Å². The quantitative estimate of drug-likeness (QED) is 0.205. The largest absolute Gasteiger partial charge is 0.624 e. The van der Waals surface area contributed by atoms with E-state index in [1.54, 1.807) is 6.21 Å². The predicted octanol–water partition coefficient (Wildman–Crippen LogP) is 0.607. The minimum atomic E-state index is 0.613. The maximum absolute atomic E-state index is 10.2. The molecule has 1 fully saturated rings. The Balaban J connectivity index is 2.29. The summed E-state index contributed by atoms with van der Waals surface area (Å²) in [6, 6.07) is 0. The molecule has 0 aromatic rings. The fourth-order valence-corrected chi connectivity index (χ4v) is 0.542. The molecule has 0 aromatic carbocycles. The molecule has 0 saturated heterocycles. The van der Waals surface area contributed by atoms with Crippen molar-refractivity contribution in [3.8, 4) is 0 Å². The first kappa shape index (κ1) is 4.62. The maximum Gasteiger partial charge on any atom is 0.153 e. The third-order valence-electron chi connectivity index (χ3n) is 1.04.